The first-order chi connectivity index (χ1) is 14.3. The molecule has 0 fully saturated rings. The lowest BCUT2D eigenvalue weighted by atomic mass is 10.00. The maximum Gasteiger partial charge on any atom is 0.274 e. The molecule has 1 aromatic heterocycles. The number of rotatable bonds is 5. The van der Waals surface area contributed by atoms with Crippen LogP contribution >= 0.6 is 0 Å². The van der Waals surface area contributed by atoms with Gasteiger partial charge in [0.1, 0.15) is 23.3 Å². The van der Waals surface area contributed by atoms with E-state index in [-0.39, 0.29) is 22.7 Å². The van der Waals surface area contributed by atoms with Crippen molar-refractivity contribution in [2.75, 3.05) is 18.2 Å². The molecule has 0 bridgehead atoms. The molecular formula is C22H18FN5O2. The molecule has 0 saturated heterocycles. The second kappa shape index (κ2) is 8.41. The van der Waals surface area contributed by atoms with Gasteiger partial charge >= 0.3 is 0 Å². The lowest BCUT2D eigenvalue weighted by molar-refractivity contribution is 0.102. The van der Waals surface area contributed by atoms with Crippen molar-refractivity contribution >= 4 is 23.0 Å². The van der Waals surface area contributed by atoms with Crippen LogP contribution < -0.4 is 15.8 Å². The normalized spacial score (nSPS) is 10.2. The van der Waals surface area contributed by atoms with Gasteiger partial charge in [-0.3, -0.25) is 10.2 Å². The van der Waals surface area contributed by atoms with Gasteiger partial charge in [-0.15, -0.1) is 0 Å². The molecule has 0 aliphatic rings. The molecule has 0 aliphatic carbocycles. The fraction of sp³-hybridized carbons (Fsp3) is 0.0909. The maximum absolute atomic E-state index is 13.8. The van der Waals surface area contributed by atoms with Crippen molar-refractivity contribution < 1.29 is 13.9 Å². The van der Waals surface area contributed by atoms with E-state index >= 15 is 0 Å². The highest BCUT2D eigenvalue weighted by Crippen LogP contribution is 2.24. The number of anilines is 2. The summed E-state index contributed by atoms with van der Waals surface area (Å²) in [6, 6.07) is 12.2. The van der Waals surface area contributed by atoms with Crippen LogP contribution in [0.15, 0.2) is 48.7 Å². The molecule has 0 unspecified atom stereocenters. The molecule has 8 heteroatoms. The number of benzene rings is 2. The molecule has 30 heavy (non-hydrogen) atoms. The number of carbonyl (C=O) groups is 1. The predicted octanol–water partition coefficient (Wildman–Crippen LogP) is 3.66. The van der Waals surface area contributed by atoms with E-state index in [0.29, 0.717) is 28.1 Å². The number of aromatic nitrogens is 1. The highest BCUT2D eigenvalue weighted by molar-refractivity contribution is 6.15. The smallest absolute Gasteiger partial charge is 0.274 e. The van der Waals surface area contributed by atoms with Crippen molar-refractivity contribution in [1.82, 2.24) is 4.98 Å². The number of hydrogen-bond donors (Lipinski definition) is 3. The van der Waals surface area contributed by atoms with E-state index in [4.69, 9.17) is 21.1 Å². The number of halogens is 1. The Bertz CT molecular complexity index is 1200. The molecule has 1 amide bonds. The Kier molecular flexibility index (Phi) is 5.74. The number of nitriles is 1. The minimum absolute atomic E-state index is 0.0194. The first kappa shape index (κ1) is 20.5. The number of ether oxygens (including phenoxy) is 1. The number of carbonyl (C=O) groups excluding carboxylic acids is 1. The number of nitrogens with two attached hydrogens (primary N) is 1. The summed E-state index contributed by atoms with van der Waals surface area (Å²) >= 11 is 0. The Hall–Kier alpha value is -4.25. The highest BCUT2D eigenvalue weighted by Gasteiger charge is 2.15. The van der Waals surface area contributed by atoms with Crippen LogP contribution in [0, 0.1) is 29.5 Å². The molecule has 7 nitrogen and oxygen atoms in total. The van der Waals surface area contributed by atoms with Gasteiger partial charge in [0.25, 0.3) is 5.91 Å². The molecule has 1 heterocycles. The molecule has 0 aliphatic heterocycles. The third-order valence-electron chi connectivity index (χ3n) is 4.40. The zero-order valence-corrected chi connectivity index (χ0v) is 16.3. The van der Waals surface area contributed by atoms with Crippen molar-refractivity contribution in [3.8, 4) is 11.8 Å². The van der Waals surface area contributed by atoms with Gasteiger partial charge in [-0.1, -0.05) is 0 Å². The summed E-state index contributed by atoms with van der Waals surface area (Å²) in [5.74, 6) is -0.730. The molecule has 0 atom stereocenters. The Balaban J connectivity index is 1.90. The largest absolute Gasteiger partial charge is 0.497 e. The van der Waals surface area contributed by atoms with E-state index in [1.54, 1.807) is 25.1 Å². The van der Waals surface area contributed by atoms with Crippen LogP contribution in [0.2, 0.25) is 0 Å². The van der Waals surface area contributed by atoms with Crippen molar-refractivity contribution in [1.29, 1.82) is 10.7 Å². The summed E-state index contributed by atoms with van der Waals surface area (Å²) in [5, 5.41) is 20.1. The van der Waals surface area contributed by atoms with Crippen molar-refractivity contribution in [3.63, 3.8) is 0 Å². The maximum atomic E-state index is 13.8. The number of pyridine rings is 1. The van der Waals surface area contributed by atoms with Crippen LogP contribution in [-0.2, 0) is 0 Å². The molecular weight excluding hydrogens is 385 g/mol. The molecule has 4 N–H and O–H groups in total. The minimum atomic E-state index is -0.542. The Morgan fingerprint density at radius 3 is 2.70 bits per heavy atom. The summed E-state index contributed by atoms with van der Waals surface area (Å²) in [6.45, 7) is 1.68. The van der Waals surface area contributed by atoms with Gasteiger partial charge in [-0.25, -0.2) is 9.37 Å². The highest BCUT2D eigenvalue weighted by atomic mass is 19.1. The van der Waals surface area contributed by atoms with Crippen molar-refractivity contribution in [2.24, 2.45) is 0 Å². The fourth-order valence-electron chi connectivity index (χ4n) is 2.89. The number of methoxy groups -OCH3 is 1. The Morgan fingerprint density at radius 2 is 2.03 bits per heavy atom. The van der Waals surface area contributed by atoms with Gasteiger partial charge in [0, 0.05) is 34.8 Å². The molecule has 0 spiro atoms. The lowest BCUT2D eigenvalue weighted by Crippen LogP contribution is -2.16. The summed E-state index contributed by atoms with van der Waals surface area (Å²) in [7, 11) is 1.41. The molecule has 0 radical (unpaired) electrons. The Morgan fingerprint density at radius 1 is 1.27 bits per heavy atom. The number of nitrogens with one attached hydrogen (secondary N) is 2. The van der Waals surface area contributed by atoms with Crippen LogP contribution in [0.4, 0.5) is 15.8 Å². The van der Waals surface area contributed by atoms with Crippen LogP contribution in [0.1, 0.15) is 32.7 Å². The van der Waals surface area contributed by atoms with E-state index in [0.717, 1.165) is 0 Å². The van der Waals surface area contributed by atoms with E-state index in [9.17, 15) is 9.18 Å². The van der Waals surface area contributed by atoms with Crippen LogP contribution in [0.25, 0.3) is 0 Å². The van der Waals surface area contributed by atoms with Crippen LogP contribution in [0.5, 0.6) is 5.75 Å². The van der Waals surface area contributed by atoms with Crippen LogP contribution in [0.3, 0.4) is 0 Å². The van der Waals surface area contributed by atoms with Gasteiger partial charge in [0.15, 0.2) is 0 Å². The SMILES string of the molecule is COc1cc(F)cc(C(=N)c2cc(NC(=O)c3ncc(C#N)cc3C)ccc2N)c1. The fourth-order valence-corrected chi connectivity index (χ4v) is 2.89. The van der Waals surface area contributed by atoms with Gasteiger partial charge < -0.3 is 15.8 Å². The summed E-state index contributed by atoms with van der Waals surface area (Å²) in [5.41, 5.74) is 8.39. The van der Waals surface area contributed by atoms with E-state index in [2.05, 4.69) is 10.3 Å². The first-order valence-corrected chi connectivity index (χ1v) is 8.84. The van der Waals surface area contributed by atoms with E-state index in [1.807, 2.05) is 6.07 Å². The zero-order chi connectivity index (χ0) is 21.8. The third-order valence-corrected chi connectivity index (χ3v) is 4.40. The van der Waals surface area contributed by atoms with Gasteiger partial charge in [0.2, 0.25) is 0 Å². The topological polar surface area (TPSA) is 125 Å². The first-order valence-electron chi connectivity index (χ1n) is 8.84. The number of nitrogens with zero attached hydrogens (tertiary/aromatic N) is 2. The van der Waals surface area contributed by atoms with Gasteiger partial charge in [-0.05, 0) is 48.9 Å². The summed E-state index contributed by atoms with van der Waals surface area (Å²) in [6.07, 6.45) is 1.32. The molecule has 3 aromatic rings. The monoisotopic (exact) mass is 403 g/mol. The van der Waals surface area contributed by atoms with E-state index < -0.39 is 11.7 Å². The number of hydrogen-bond acceptors (Lipinski definition) is 6. The van der Waals surface area contributed by atoms with E-state index in [1.165, 1.54) is 37.6 Å². The number of aryl methyl sites for hydroxylation is 1. The van der Waals surface area contributed by atoms with Gasteiger partial charge in [0.05, 0.1) is 18.4 Å². The summed E-state index contributed by atoms with van der Waals surface area (Å²) in [4.78, 5) is 16.6. The lowest BCUT2D eigenvalue weighted by Gasteiger charge is -2.13. The average Bonchev–Trinajstić information content (AvgIpc) is 2.73. The second-order valence-electron chi connectivity index (χ2n) is 6.51. The van der Waals surface area contributed by atoms with Crippen molar-refractivity contribution in [3.05, 3.63) is 82.4 Å². The van der Waals surface area contributed by atoms with Crippen LogP contribution in [-0.4, -0.2) is 23.7 Å². The minimum Gasteiger partial charge on any atom is -0.497 e. The van der Waals surface area contributed by atoms with Crippen molar-refractivity contribution in [2.45, 2.75) is 6.92 Å². The molecule has 2 aromatic carbocycles. The zero-order valence-electron chi connectivity index (χ0n) is 16.3. The molecule has 150 valence electrons. The average molecular weight is 403 g/mol. The molecule has 3 rings (SSSR count). The predicted molar refractivity (Wildman–Crippen MR) is 111 cm³/mol. The summed E-state index contributed by atoms with van der Waals surface area (Å²) < 4.78 is 18.9. The van der Waals surface area contributed by atoms with Gasteiger partial charge in [-0.2, -0.15) is 5.26 Å². The Labute approximate surface area is 172 Å². The molecule has 0 saturated carbocycles. The number of nitrogen functional groups attached to an aromatic ring is 1. The number of amides is 1. The quantitative estimate of drug-likeness (QED) is 0.443. The third kappa shape index (κ3) is 4.25. The second-order valence-corrected chi connectivity index (χ2v) is 6.51. The standard InChI is InChI=1S/C22H18FN5O2/c1-12-5-13(10-24)11-27-21(12)22(29)28-16-3-4-19(25)18(9-16)20(26)14-6-15(23)8-17(7-14)30-2/h3-9,11,26H,25H2,1-2H3,(H,28,29).